The van der Waals surface area contributed by atoms with E-state index in [4.69, 9.17) is 4.52 Å². The first-order chi connectivity index (χ1) is 13.7. The van der Waals surface area contributed by atoms with Gasteiger partial charge in [0.2, 0.25) is 11.7 Å². The van der Waals surface area contributed by atoms with Gasteiger partial charge in [0.05, 0.1) is 6.42 Å². The lowest BCUT2D eigenvalue weighted by Gasteiger charge is -2.09. The predicted octanol–water partition coefficient (Wildman–Crippen LogP) is 2.06. The second-order valence-corrected chi connectivity index (χ2v) is 5.84. The van der Waals surface area contributed by atoms with E-state index in [2.05, 4.69) is 30.6 Å². The summed E-state index contributed by atoms with van der Waals surface area (Å²) < 4.78 is 5.33. The van der Waals surface area contributed by atoms with Crippen LogP contribution in [0, 0.1) is 0 Å². The molecule has 2 N–H and O–H groups in total. The average Bonchev–Trinajstić information content (AvgIpc) is 3.19. The smallest absolute Gasteiger partial charge is 0.276 e. The largest absolute Gasteiger partial charge is 0.339 e. The van der Waals surface area contributed by atoms with Crippen molar-refractivity contribution in [3.8, 4) is 11.4 Å². The molecule has 0 saturated carbocycles. The minimum absolute atomic E-state index is 0.104. The van der Waals surface area contributed by atoms with Crippen LogP contribution in [0.1, 0.15) is 21.9 Å². The zero-order valence-electron chi connectivity index (χ0n) is 14.5. The van der Waals surface area contributed by atoms with Crippen molar-refractivity contribution in [3.63, 3.8) is 0 Å². The van der Waals surface area contributed by atoms with Crippen molar-refractivity contribution in [2.24, 2.45) is 0 Å². The lowest BCUT2D eigenvalue weighted by atomic mass is 10.1. The molecule has 0 aliphatic carbocycles. The van der Waals surface area contributed by atoms with Crippen LogP contribution in [0.5, 0.6) is 0 Å². The van der Waals surface area contributed by atoms with Crippen LogP contribution >= 0.6 is 0 Å². The van der Waals surface area contributed by atoms with Gasteiger partial charge in [0.25, 0.3) is 11.5 Å². The van der Waals surface area contributed by atoms with Crippen LogP contribution in [0.3, 0.4) is 0 Å². The van der Waals surface area contributed by atoms with Gasteiger partial charge in [-0.2, -0.15) is 10.1 Å². The summed E-state index contributed by atoms with van der Waals surface area (Å²) in [6.45, 7) is 0. The SMILES string of the molecule is O=C(Nc1ccccc1Cc1nc(-c2ccncc2)no1)c1ccc(=O)[nH]n1. The molecule has 3 heterocycles. The molecule has 0 aliphatic heterocycles. The van der Waals surface area contributed by atoms with Gasteiger partial charge in [-0.1, -0.05) is 23.4 Å². The average molecular weight is 374 g/mol. The van der Waals surface area contributed by atoms with Crippen LogP contribution in [-0.2, 0) is 6.42 Å². The number of carbonyl (C=O) groups excluding carboxylic acids is 1. The third kappa shape index (κ3) is 3.83. The normalized spacial score (nSPS) is 10.6. The summed E-state index contributed by atoms with van der Waals surface area (Å²) in [4.78, 5) is 31.8. The summed E-state index contributed by atoms with van der Waals surface area (Å²) in [5, 5.41) is 12.7. The number of para-hydroxylation sites is 1. The fourth-order valence-electron chi connectivity index (χ4n) is 2.56. The molecule has 0 spiro atoms. The molecule has 3 aromatic heterocycles. The Morgan fingerprint density at radius 2 is 1.89 bits per heavy atom. The third-order valence-electron chi connectivity index (χ3n) is 3.93. The monoisotopic (exact) mass is 374 g/mol. The van der Waals surface area contributed by atoms with Gasteiger partial charge in [0.1, 0.15) is 5.69 Å². The van der Waals surface area contributed by atoms with Crippen LogP contribution in [0.25, 0.3) is 11.4 Å². The molecule has 138 valence electrons. The maximum Gasteiger partial charge on any atom is 0.276 e. The second-order valence-electron chi connectivity index (χ2n) is 5.84. The highest BCUT2D eigenvalue weighted by Crippen LogP contribution is 2.21. The van der Waals surface area contributed by atoms with E-state index >= 15 is 0 Å². The number of aromatic amines is 1. The molecule has 0 bridgehead atoms. The molecule has 0 unspecified atom stereocenters. The van der Waals surface area contributed by atoms with Gasteiger partial charge in [-0.3, -0.25) is 14.6 Å². The number of nitrogens with zero attached hydrogens (tertiary/aromatic N) is 4. The Labute approximate surface area is 158 Å². The molecule has 1 aromatic carbocycles. The highest BCUT2D eigenvalue weighted by molar-refractivity contribution is 6.03. The van der Waals surface area contributed by atoms with Gasteiger partial charge in [-0.15, -0.1) is 0 Å². The number of anilines is 1. The number of rotatable bonds is 5. The number of pyridine rings is 1. The molecule has 4 aromatic rings. The lowest BCUT2D eigenvalue weighted by Crippen LogP contribution is -2.18. The standard InChI is InChI=1S/C19H14N6O3/c26-16-6-5-15(23-24-16)19(27)21-14-4-2-1-3-13(14)11-17-22-18(25-28-17)12-7-9-20-10-8-12/h1-10H,11H2,(H,21,27)(H,24,26). The molecular weight excluding hydrogens is 360 g/mol. The van der Waals surface area contributed by atoms with Crippen LogP contribution in [0.2, 0.25) is 0 Å². The third-order valence-corrected chi connectivity index (χ3v) is 3.93. The summed E-state index contributed by atoms with van der Waals surface area (Å²) >= 11 is 0. The molecule has 0 fully saturated rings. The summed E-state index contributed by atoms with van der Waals surface area (Å²) in [6.07, 6.45) is 3.65. The minimum atomic E-state index is -0.438. The molecule has 0 aliphatic rings. The quantitative estimate of drug-likeness (QED) is 0.547. The van der Waals surface area contributed by atoms with Crippen molar-refractivity contribution in [2.45, 2.75) is 6.42 Å². The van der Waals surface area contributed by atoms with Gasteiger partial charge < -0.3 is 9.84 Å². The van der Waals surface area contributed by atoms with Crippen LogP contribution < -0.4 is 10.9 Å². The minimum Gasteiger partial charge on any atom is -0.339 e. The number of carbonyl (C=O) groups is 1. The van der Waals surface area contributed by atoms with Gasteiger partial charge in [-0.25, -0.2) is 5.10 Å². The first-order valence-electron chi connectivity index (χ1n) is 8.37. The number of hydrogen-bond donors (Lipinski definition) is 2. The fourth-order valence-corrected chi connectivity index (χ4v) is 2.56. The Morgan fingerprint density at radius 1 is 1.07 bits per heavy atom. The number of aromatic nitrogens is 5. The van der Waals surface area contributed by atoms with Crippen molar-refractivity contribution in [2.75, 3.05) is 5.32 Å². The van der Waals surface area contributed by atoms with Crippen LogP contribution in [-0.4, -0.2) is 31.2 Å². The van der Waals surface area contributed by atoms with Gasteiger partial charge in [-0.05, 0) is 29.8 Å². The maximum absolute atomic E-state index is 12.4. The topological polar surface area (TPSA) is 127 Å². The fraction of sp³-hybridized carbons (Fsp3) is 0.0526. The molecule has 0 atom stereocenters. The Kier molecular flexibility index (Phi) is 4.70. The Bertz CT molecular complexity index is 1150. The Balaban J connectivity index is 1.53. The molecule has 9 nitrogen and oxygen atoms in total. The van der Waals surface area contributed by atoms with Crippen molar-refractivity contribution < 1.29 is 9.32 Å². The highest BCUT2D eigenvalue weighted by atomic mass is 16.5. The molecule has 28 heavy (non-hydrogen) atoms. The predicted molar refractivity (Wildman–Crippen MR) is 99.6 cm³/mol. The summed E-state index contributed by atoms with van der Waals surface area (Å²) in [7, 11) is 0. The number of H-pyrrole nitrogens is 1. The molecule has 0 saturated heterocycles. The van der Waals surface area contributed by atoms with Crippen molar-refractivity contribution in [1.82, 2.24) is 25.3 Å². The van der Waals surface area contributed by atoms with Crippen molar-refractivity contribution >= 4 is 11.6 Å². The van der Waals surface area contributed by atoms with Crippen LogP contribution in [0.4, 0.5) is 5.69 Å². The summed E-state index contributed by atoms with van der Waals surface area (Å²) in [5.41, 5.74) is 1.91. The van der Waals surface area contributed by atoms with E-state index in [0.29, 0.717) is 23.8 Å². The van der Waals surface area contributed by atoms with E-state index in [0.717, 1.165) is 11.1 Å². The molecule has 4 rings (SSSR count). The van der Waals surface area contributed by atoms with E-state index in [1.54, 1.807) is 36.7 Å². The van der Waals surface area contributed by atoms with Gasteiger partial charge >= 0.3 is 0 Å². The summed E-state index contributed by atoms with van der Waals surface area (Å²) in [6, 6.07) is 13.5. The van der Waals surface area contributed by atoms with E-state index in [-0.39, 0.29) is 11.3 Å². The van der Waals surface area contributed by atoms with Crippen LogP contribution in [0.15, 0.2) is 70.2 Å². The van der Waals surface area contributed by atoms with E-state index in [1.165, 1.54) is 12.1 Å². The molecule has 1 amide bonds. The summed E-state index contributed by atoms with van der Waals surface area (Å²) in [5.74, 6) is 0.443. The number of amides is 1. The number of hydrogen-bond acceptors (Lipinski definition) is 7. The van der Waals surface area contributed by atoms with E-state index < -0.39 is 5.91 Å². The second kappa shape index (κ2) is 7.62. The number of benzene rings is 1. The highest BCUT2D eigenvalue weighted by Gasteiger charge is 2.14. The van der Waals surface area contributed by atoms with Gasteiger partial charge in [0.15, 0.2) is 0 Å². The maximum atomic E-state index is 12.4. The Morgan fingerprint density at radius 3 is 2.68 bits per heavy atom. The molecule has 0 radical (unpaired) electrons. The lowest BCUT2D eigenvalue weighted by molar-refractivity contribution is 0.102. The van der Waals surface area contributed by atoms with E-state index in [1.807, 2.05) is 12.1 Å². The number of nitrogens with one attached hydrogen (secondary N) is 2. The zero-order valence-corrected chi connectivity index (χ0v) is 14.5. The molecule has 9 heteroatoms. The first kappa shape index (κ1) is 17.3. The zero-order chi connectivity index (χ0) is 19.3. The first-order valence-corrected chi connectivity index (χ1v) is 8.37. The van der Waals surface area contributed by atoms with Gasteiger partial charge in [0, 0.05) is 29.7 Å². The van der Waals surface area contributed by atoms with Crippen molar-refractivity contribution in [1.29, 1.82) is 0 Å². The Hall–Kier alpha value is -4.14. The van der Waals surface area contributed by atoms with E-state index in [9.17, 15) is 9.59 Å². The van der Waals surface area contributed by atoms with Crippen molar-refractivity contribution in [3.05, 3.63) is 88.4 Å². The molecular formula is C19H14N6O3.